The number of rotatable bonds is 14. The van der Waals surface area contributed by atoms with Gasteiger partial charge in [-0.15, -0.1) is 0 Å². The molecule has 0 aliphatic rings. The zero-order valence-electron chi connectivity index (χ0n) is 12.6. The van der Waals surface area contributed by atoms with Gasteiger partial charge in [0.05, 0.1) is 0 Å². The maximum absolute atomic E-state index is 3.49. The Morgan fingerprint density at radius 1 is 0.722 bits per heavy atom. The van der Waals surface area contributed by atoms with Crippen LogP contribution in [0.15, 0.2) is 0 Å². The Balaban J connectivity index is 2.98. The maximum Gasteiger partial charge on any atom is 0.00506 e. The topological polar surface area (TPSA) is 48.1 Å². The number of nitrogens with one attached hydrogen (secondary N) is 4. The summed E-state index contributed by atoms with van der Waals surface area (Å²) < 4.78 is 0. The summed E-state index contributed by atoms with van der Waals surface area (Å²) in [6.45, 7) is 14.3. The van der Waals surface area contributed by atoms with Crippen LogP contribution in [-0.2, 0) is 0 Å². The normalized spacial score (nSPS) is 12.8. The van der Waals surface area contributed by atoms with Crippen LogP contribution in [0.5, 0.6) is 0 Å². The Labute approximate surface area is 114 Å². The van der Waals surface area contributed by atoms with Crippen molar-refractivity contribution in [2.24, 2.45) is 0 Å². The first kappa shape index (κ1) is 17.8. The van der Waals surface area contributed by atoms with Crippen LogP contribution in [0.25, 0.3) is 0 Å². The summed E-state index contributed by atoms with van der Waals surface area (Å²) in [5.74, 6) is 0. The van der Waals surface area contributed by atoms with Gasteiger partial charge in [0.25, 0.3) is 0 Å². The first-order valence-corrected chi connectivity index (χ1v) is 7.66. The molecule has 0 spiro atoms. The van der Waals surface area contributed by atoms with Gasteiger partial charge in [-0.25, -0.2) is 0 Å². The van der Waals surface area contributed by atoms with E-state index in [0.717, 1.165) is 45.8 Å². The molecule has 4 N–H and O–H groups in total. The molecule has 0 radical (unpaired) electrons. The van der Waals surface area contributed by atoms with Crippen molar-refractivity contribution in [3.63, 3.8) is 0 Å². The molecule has 0 heterocycles. The predicted octanol–water partition coefficient (Wildman–Crippen LogP) is 0.943. The minimum atomic E-state index is 0.631. The highest BCUT2D eigenvalue weighted by Crippen LogP contribution is 1.87. The van der Waals surface area contributed by atoms with Crippen molar-refractivity contribution in [2.45, 2.75) is 46.1 Å². The zero-order valence-corrected chi connectivity index (χ0v) is 12.6. The molecule has 0 rings (SSSR count). The van der Waals surface area contributed by atoms with E-state index in [1.807, 2.05) is 0 Å². The van der Waals surface area contributed by atoms with Gasteiger partial charge in [0, 0.05) is 6.04 Å². The van der Waals surface area contributed by atoms with E-state index in [2.05, 4.69) is 42.0 Å². The van der Waals surface area contributed by atoms with Gasteiger partial charge in [0.1, 0.15) is 0 Å². The summed E-state index contributed by atoms with van der Waals surface area (Å²) in [5.41, 5.74) is 0. The van der Waals surface area contributed by atoms with Crippen LogP contribution >= 0.6 is 0 Å². The second-order valence-corrected chi connectivity index (χ2v) is 4.81. The molecular formula is C14H34N4. The van der Waals surface area contributed by atoms with Gasteiger partial charge in [-0.3, -0.25) is 0 Å². The van der Waals surface area contributed by atoms with Gasteiger partial charge in [0.2, 0.25) is 0 Å². The molecule has 0 aliphatic heterocycles. The Kier molecular flexibility index (Phi) is 14.8. The van der Waals surface area contributed by atoms with Gasteiger partial charge in [-0.2, -0.15) is 0 Å². The Bertz CT molecular complexity index is 153. The van der Waals surface area contributed by atoms with Crippen LogP contribution in [0.2, 0.25) is 0 Å². The van der Waals surface area contributed by atoms with Crippen LogP contribution in [0.4, 0.5) is 0 Å². The summed E-state index contributed by atoms with van der Waals surface area (Å²) in [5, 5.41) is 13.7. The van der Waals surface area contributed by atoms with Crippen molar-refractivity contribution >= 4 is 0 Å². The highest BCUT2D eigenvalue weighted by molar-refractivity contribution is 4.61. The van der Waals surface area contributed by atoms with Gasteiger partial charge < -0.3 is 21.3 Å². The third-order valence-electron chi connectivity index (χ3n) is 2.97. The molecule has 18 heavy (non-hydrogen) atoms. The molecule has 0 saturated heterocycles. The summed E-state index contributed by atoms with van der Waals surface area (Å²) in [4.78, 5) is 0. The van der Waals surface area contributed by atoms with Crippen molar-refractivity contribution in [3.8, 4) is 0 Å². The zero-order chi connectivity index (χ0) is 13.5. The molecule has 0 aromatic carbocycles. The lowest BCUT2D eigenvalue weighted by molar-refractivity contribution is 0.497. The summed E-state index contributed by atoms with van der Waals surface area (Å²) in [6, 6.07) is 0.631. The first-order chi connectivity index (χ1) is 8.81. The van der Waals surface area contributed by atoms with Crippen LogP contribution in [0.1, 0.15) is 40.0 Å². The minimum Gasteiger partial charge on any atom is -0.317 e. The monoisotopic (exact) mass is 258 g/mol. The molecule has 4 heteroatoms. The van der Waals surface area contributed by atoms with Crippen LogP contribution < -0.4 is 21.3 Å². The van der Waals surface area contributed by atoms with Crippen molar-refractivity contribution in [2.75, 3.05) is 45.8 Å². The van der Waals surface area contributed by atoms with E-state index in [0.29, 0.717) is 6.04 Å². The summed E-state index contributed by atoms with van der Waals surface area (Å²) >= 11 is 0. The molecule has 110 valence electrons. The van der Waals surface area contributed by atoms with Crippen molar-refractivity contribution in [1.82, 2.24) is 21.3 Å². The maximum atomic E-state index is 3.49. The van der Waals surface area contributed by atoms with Gasteiger partial charge in [-0.05, 0) is 72.0 Å². The second-order valence-electron chi connectivity index (χ2n) is 4.81. The Morgan fingerprint density at radius 2 is 1.28 bits per heavy atom. The number of hydrogen-bond donors (Lipinski definition) is 4. The standard InChI is InChI=1S/C14H34N4/c1-4-15-9-6-10-16-11-7-12-17-13-8-14(3)18-5-2/h14-18H,4-13H2,1-3H3. The summed E-state index contributed by atoms with van der Waals surface area (Å²) in [7, 11) is 0. The lowest BCUT2D eigenvalue weighted by atomic mass is 10.2. The molecular weight excluding hydrogens is 224 g/mol. The minimum absolute atomic E-state index is 0.631. The molecule has 4 nitrogen and oxygen atoms in total. The van der Waals surface area contributed by atoms with E-state index < -0.39 is 0 Å². The fourth-order valence-corrected chi connectivity index (χ4v) is 1.87. The second kappa shape index (κ2) is 14.9. The summed E-state index contributed by atoms with van der Waals surface area (Å²) in [6.07, 6.45) is 3.65. The molecule has 0 aromatic rings. The van der Waals surface area contributed by atoms with E-state index in [9.17, 15) is 0 Å². The lowest BCUT2D eigenvalue weighted by Gasteiger charge is -2.12. The highest BCUT2D eigenvalue weighted by atomic mass is 14.9. The number of hydrogen-bond acceptors (Lipinski definition) is 4. The lowest BCUT2D eigenvalue weighted by Crippen LogP contribution is -2.31. The predicted molar refractivity (Wildman–Crippen MR) is 81.3 cm³/mol. The molecule has 0 saturated carbocycles. The first-order valence-electron chi connectivity index (χ1n) is 7.66. The van der Waals surface area contributed by atoms with E-state index in [1.54, 1.807) is 0 Å². The van der Waals surface area contributed by atoms with Crippen molar-refractivity contribution in [3.05, 3.63) is 0 Å². The van der Waals surface area contributed by atoms with Crippen LogP contribution in [-0.4, -0.2) is 51.9 Å². The Morgan fingerprint density at radius 3 is 1.83 bits per heavy atom. The Hall–Kier alpha value is -0.160. The fourth-order valence-electron chi connectivity index (χ4n) is 1.87. The molecule has 0 aliphatic carbocycles. The average Bonchev–Trinajstić information content (AvgIpc) is 2.36. The molecule has 0 amide bonds. The van der Waals surface area contributed by atoms with Crippen LogP contribution in [0.3, 0.4) is 0 Å². The average molecular weight is 258 g/mol. The van der Waals surface area contributed by atoms with E-state index >= 15 is 0 Å². The van der Waals surface area contributed by atoms with Gasteiger partial charge in [0.15, 0.2) is 0 Å². The van der Waals surface area contributed by atoms with Crippen LogP contribution in [0, 0.1) is 0 Å². The largest absolute Gasteiger partial charge is 0.317 e. The van der Waals surface area contributed by atoms with E-state index in [4.69, 9.17) is 0 Å². The SMILES string of the molecule is CCNCCCNCCCNCCC(C)NCC. The molecule has 1 atom stereocenters. The quantitative estimate of drug-likeness (QED) is 0.350. The molecule has 0 bridgehead atoms. The van der Waals surface area contributed by atoms with Crippen molar-refractivity contribution < 1.29 is 0 Å². The highest BCUT2D eigenvalue weighted by Gasteiger charge is 1.97. The molecule has 0 aromatic heterocycles. The third kappa shape index (κ3) is 13.9. The smallest absolute Gasteiger partial charge is 0.00506 e. The molecule has 1 unspecified atom stereocenters. The van der Waals surface area contributed by atoms with E-state index in [1.165, 1.54) is 19.3 Å². The third-order valence-corrected chi connectivity index (χ3v) is 2.97. The van der Waals surface area contributed by atoms with Gasteiger partial charge in [-0.1, -0.05) is 13.8 Å². The van der Waals surface area contributed by atoms with E-state index in [-0.39, 0.29) is 0 Å². The fraction of sp³-hybridized carbons (Fsp3) is 1.00. The van der Waals surface area contributed by atoms with Crippen molar-refractivity contribution in [1.29, 1.82) is 0 Å². The van der Waals surface area contributed by atoms with Gasteiger partial charge >= 0.3 is 0 Å². The molecule has 0 fully saturated rings.